The predicted molar refractivity (Wildman–Crippen MR) is 92.4 cm³/mol. The largest absolute Gasteiger partial charge is 0.361 e. The highest BCUT2D eigenvalue weighted by atomic mass is 15.3. The van der Waals surface area contributed by atoms with Crippen molar-refractivity contribution >= 4 is 17.3 Å². The van der Waals surface area contributed by atoms with Crippen molar-refractivity contribution in [3.63, 3.8) is 0 Å². The van der Waals surface area contributed by atoms with Crippen LogP contribution in [0.1, 0.15) is 5.69 Å². The van der Waals surface area contributed by atoms with Gasteiger partial charge in [-0.1, -0.05) is 0 Å². The number of fused-ring (bicyclic) bond motifs is 1. The molecule has 0 amide bonds. The second-order valence-corrected chi connectivity index (χ2v) is 5.41. The highest BCUT2D eigenvalue weighted by Crippen LogP contribution is 2.22. The topological polar surface area (TPSA) is 124 Å². The van der Waals surface area contributed by atoms with E-state index in [-0.39, 0.29) is 0 Å². The van der Waals surface area contributed by atoms with Crippen molar-refractivity contribution < 1.29 is 0 Å². The average molecular weight is 336 g/mol. The molecule has 0 saturated heterocycles. The average Bonchev–Trinajstić information content (AvgIpc) is 3.28. The molecule has 10 nitrogen and oxygen atoms in total. The Balaban J connectivity index is 1.59. The molecule has 0 aliphatic rings. The first-order valence-corrected chi connectivity index (χ1v) is 7.59. The second-order valence-electron chi connectivity index (χ2n) is 5.41. The molecule has 4 rings (SSSR count). The lowest BCUT2D eigenvalue weighted by atomic mass is 10.2. The van der Waals surface area contributed by atoms with Crippen LogP contribution in [0.3, 0.4) is 0 Å². The van der Waals surface area contributed by atoms with Crippen LogP contribution in [-0.4, -0.2) is 34.3 Å². The molecule has 0 atom stereocenters. The summed E-state index contributed by atoms with van der Waals surface area (Å²) in [4.78, 5) is 13.1. The number of nitrogen functional groups attached to an aromatic ring is 1. The summed E-state index contributed by atoms with van der Waals surface area (Å²) in [6.45, 7) is 0.466. The van der Waals surface area contributed by atoms with Crippen molar-refractivity contribution in [2.45, 2.75) is 6.54 Å². The molecule has 4 N–H and O–H groups in total. The normalized spacial score (nSPS) is 11.0. The number of rotatable bonds is 5. The van der Waals surface area contributed by atoms with Crippen LogP contribution in [0, 0.1) is 0 Å². The van der Waals surface area contributed by atoms with Gasteiger partial charge in [0.25, 0.3) is 0 Å². The molecule has 25 heavy (non-hydrogen) atoms. The number of aromatic nitrogens is 7. The Kier molecular flexibility index (Phi) is 3.71. The number of nitrogens with one attached hydrogen (secondary N) is 2. The quantitative estimate of drug-likeness (QED) is 0.361. The minimum atomic E-state index is 0.455. The van der Waals surface area contributed by atoms with Crippen LogP contribution in [0.2, 0.25) is 0 Å². The van der Waals surface area contributed by atoms with E-state index in [2.05, 4.69) is 35.9 Å². The Morgan fingerprint density at radius 3 is 2.88 bits per heavy atom. The van der Waals surface area contributed by atoms with Crippen LogP contribution in [0.25, 0.3) is 16.9 Å². The molecule has 126 valence electrons. The van der Waals surface area contributed by atoms with Gasteiger partial charge in [0.2, 0.25) is 0 Å². The minimum absolute atomic E-state index is 0.455. The van der Waals surface area contributed by atoms with Gasteiger partial charge in [0.1, 0.15) is 0 Å². The number of hydrogen-bond acceptors (Lipinski definition) is 8. The van der Waals surface area contributed by atoms with Crippen LogP contribution in [-0.2, 0) is 13.6 Å². The first-order chi connectivity index (χ1) is 12.2. The molecule has 0 aliphatic carbocycles. The molecule has 0 spiro atoms. The SMILES string of the molecule is Cn1cc(-c2cnc(NN)c(NCc3ccc4nccn4n3)n2)cn1. The van der Waals surface area contributed by atoms with Crippen LogP contribution < -0.4 is 16.6 Å². The standard InChI is InChI=1S/C15H16N10/c1-24-9-10(6-20-24)12-8-19-15(22-16)14(21-12)18-7-11-2-3-13-17-4-5-25(13)23-11/h2-6,8-9H,7,16H2,1H3,(H,18,21)(H,19,22). The molecule has 4 heterocycles. The lowest BCUT2D eigenvalue weighted by Crippen LogP contribution is -2.14. The van der Waals surface area contributed by atoms with Gasteiger partial charge in [-0.2, -0.15) is 10.2 Å². The molecule has 4 aromatic rings. The molecular formula is C15H16N10. The minimum Gasteiger partial charge on any atom is -0.361 e. The summed E-state index contributed by atoms with van der Waals surface area (Å²) >= 11 is 0. The Hall–Kier alpha value is -3.53. The van der Waals surface area contributed by atoms with E-state index in [4.69, 9.17) is 5.84 Å². The summed E-state index contributed by atoms with van der Waals surface area (Å²) in [7, 11) is 1.85. The molecular weight excluding hydrogens is 320 g/mol. The van der Waals surface area contributed by atoms with Crippen molar-refractivity contribution in [1.82, 2.24) is 34.3 Å². The van der Waals surface area contributed by atoms with Gasteiger partial charge in [-0.05, 0) is 12.1 Å². The molecule has 0 radical (unpaired) electrons. The first kappa shape index (κ1) is 15.0. The van der Waals surface area contributed by atoms with Crippen molar-refractivity contribution in [3.05, 3.63) is 48.8 Å². The van der Waals surface area contributed by atoms with Gasteiger partial charge < -0.3 is 10.7 Å². The molecule has 0 aliphatic heterocycles. The maximum atomic E-state index is 5.54. The van der Waals surface area contributed by atoms with E-state index >= 15 is 0 Å². The third-order valence-electron chi connectivity index (χ3n) is 3.66. The van der Waals surface area contributed by atoms with Crippen LogP contribution in [0.4, 0.5) is 11.6 Å². The van der Waals surface area contributed by atoms with Gasteiger partial charge in [-0.25, -0.2) is 25.3 Å². The van der Waals surface area contributed by atoms with Crippen molar-refractivity contribution in [1.29, 1.82) is 0 Å². The van der Waals surface area contributed by atoms with Gasteiger partial charge in [0.05, 0.1) is 30.3 Å². The monoisotopic (exact) mass is 336 g/mol. The van der Waals surface area contributed by atoms with Gasteiger partial charge in [0.15, 0.2) is 17.3 Å². The number of nitrogens with two attached hydrogens (primary N) is 1. The van der Waals surface area contributed by atoms with E-state index in [1.54, 1.807) is 34.0 Å². The first-order valence-electron chi connectivity index (χ1n) is 7.59. The van der Waals surface area contributed by atoms with Crippen molar-refractivity contribution in [2.75, 3.05) is 10.7 Å². The highest BCUT2D eigenvalue weighted by Gasteiger charge is 2.10. The number of imidazole rings is 1. The van der Waals surface area contributed by atoms with E-state index < -0.39 is 0 Å². The Morgan fingerprint density at radius 2 is 2.08 bits per heavy atom. The molecule has 0 bridgehead atoms. The molecule has 0 saturated carbocycles. The second kappa shape index (κ2) is 6.17. The van der Waals surface area contributed by atoms with Crippen molar-refractivity contribution in [2.24, 2.45) is 12.9 Å². The fourth-order valence-electron chi connectivity index (χ4n) is 2.43. The summed E-state index contributed by atoms with van der Waals surface area (Å²) < 4.78 is 3.43. The van der Waals surface area contributed by atoms with Crippen LogP contribution in [0.15, 0.2) is 43.1 Å². The Labute approximate surface area is 142 Å². The van der Waals surface area contributed by atoms with Crippen LogP contribution in [0.5, 0.6) is 0 Å². The van der Waals surface area contributed by atoms with Gasteiger partial charge in [0, 0.05) is 31.2 Å². The summed E-state index contributed by atoms with van der Waals surface area (Å²) in [5, 5.41) is 11.8. The van der Waals surface area contributed by atoms with Gasteiger partial charge >= 0.3 is 0 Å². The number of aryl methyl sites for hydroxylation is 1. The Bertz CT molecular complexity index is 1020. The number of anilines is 2. The predicted octanol–water partition coefficient (Wildman–Crippen LogP) is 0.817. The lowest BCUT2D eigenvalue weighted by Gasteiger charge is -2.10. The lowest BCUT2D eigenvalue weighted by molar-refractivity contribution is 0.768. The van der Waals surface area contributed by atoms with E-state index in [0.717, 1.165) is 16.9 Å². The smallest absolute Gasteiger partial charge is 0.183 e. The van der Waals surface area contributed by atoms with Crippen molar-refractivity contribution in [3.8, 4) is 11.3 Å². The number of hydrazine groups is 1. The molecule has 4 aromatic heterocycles. The van der Waals surface area contributed by atoms with Crippen LogP contribution >= 0.6 is 0 Å². The molecule has 0 aromatic carbocycles. The zero-order valence-corrected chi connectivity index (χ0v) is 13.5. The van der Waals surface area contributed by atoms with E-state index in [1.807, 2.05) is 25.4 Å². The summed E-state index contributed by atoms with van der Waals surface area (Å²) in [5.74, 6) is 6.53. The van der Waals surface area contributed by atoms with Gasteiger partial charge in [-0.3, -0.25) is 4.68 Å². The fourth-order valence-corrected chi connectivity index (χ4v) is 2.43. The fraction of sp³-hybridized carbons (Fsp3) is 0.133. The maximum Gasteiger partial charge on any atom is 0.183 e. The zero-order chi connectivity index (χ0) is 17.2. The number of nitrogens with zero attached hydrogens (tertiary/aromatic N) is 7. The van der Waals surface area contributed by atoms with Gasteiger partial charge in [-0.15, -0.1) is 0 Å². The van der Waals surface area contributed by atoms with E-state index in [1.165, 1.54) is 0 Å². The molecule has 0 unspecified atom stereocenters. The van der Waals surface area contributed by atoms with E-state index in [9.17, 15) is 0 Å². The van der Waals surface area contributed by atoms with E-state index in [0.29, 0.717) is 23.9 Å². The third kappa shape index (κ3) is 2.97. The highest BCUT2D eigenvalue weighted by molar-refractivity contribution is 5.65. The molecule has 10 heteroatoms. The number of hydrogen-bond donors (Lipinski definition) is 3. The molecule has 0 fully saturated rings. The summed E-state index contributed by atoms with van der Waals surface area (Å²) in [6, 6.07) is 3.81. The summed E-state index contributed by atoms with van der Waals surface area (Å²) in [5.41, 5.74) is 5.76. The third-order valence-corrected chi connectivity index (χ3v) is 3.66. The maximum absolute atomic E-state index is 5.54. The Morgan fingerprint density at radius 1 is 1.16 bits per heavy atom. The zero-order valence-electron chi connectivity index (χ0n) is 13.5. The summed E-state index contributed by atoms with van der Waals surface area (Å²) in [6.07, 6.45) is 8.76.